The summed E-state index contributed by atoms with van der Waals surface area (Å²) in [6.45, 7) is 3.85. The predicted octanol–water partition coefficient (Wildman–Crippen LogP) is 3.25. The van der Waals surface area contributed by atoms with E-state index in [1.165, 1.54) is 4.90 Å². The first kappa shape index (κ1) is 22.7. The molecule has 2 N–H and O–H groups in total. The number of halogens is 2. The molecule has 0 spiro atoms. The molecule has 1 amide bonds. The molecule has 0 aromatic heterocycles. The smallest absolute Gasteiger partial charge is 0.272 e. The summed E-state index contributed by atoms with van der Waals surface area (Å²) in [4.78, 5) is 17.3. The van der Waals surface area contributed by atoms with Crippen LogP contribution in [0.2, 0.25) is 10.0 Å². The van der Waals surface area contributed by atoms with Crippen LogP contribution in [0.15, 0.2) is 42.5 Å². The number of anilines is 2. The molecule has 0 bridgehead atoms. The number of amides is 1. The zero-order valence-corrected chi connectivity index (χ0v) is 19.5. The van der Waals surface area contributed by atoms with E-state index in [4.69, 9.17) is 23.2 Å². The summed E-state index contributed by atoms with van der Waals surface area (Å²) in [6, 6.07) is 12.3. The van der Waals surface area contributed by atoms with Crippen molar-refractivity contribution in [3.63, 3.8) is 0 Å². The van der Waals surface area contributed by atoms with Crippen LogP contribution in [0.25, 0.3) is 0 Å². The summed E-state index contributed by atoms with van der Waals surface area (Å²) in [5.74, 6) is -0.0984. The third-order valence-electron chi connectivity index (χ3n) is 5.85. The standard InChI is InChI=1S/C22H25Cl2N3O3S/c1-25-8-10-26(11-9-25)19-5-3-2-4-16(19)20(28)22(30)21(29)27(12-13-31-22)15-6-7-17(23)18(24)14-15/h2-7,14,20,28,30H,8-13H2,1H3. The lowest BCUT2D eigenvalue weighted by molar-refractivity contribution is -0.137. The van der Waals surface area contributed by atoms with Gasteiger partial charge in [-0.25, -0.2) is 0 Å². The SMILES string of the molecule is CN1CCN(c2ccccc2C(O)C2(O)SCCN(c3ccc(Cl)c(Cl)c3)C2=O)CC1. The van der Waals surface area contributed by atoms with Gasteiger partial charge in [0, 0.05) is 55.4 Å². The molecular weight excluding hydrogens is 457 g/mol. The maximum absolute atomic E-state index is 13.4. The van der Waals surface area contributed by atoms with E-state index in [1.807, 2.05) is 18.2 Å². The Labute approximate surface area is 196 Å². The molecule has 0 saturated carbocycles. The highest BCUT2D eigenvalue weighted by molar-refractivity contribution is 8.01. The van der Waals surface area contributed by atoms with Crippen LogP contribution in [-0.4, -0.2) is 71.5 Å². The highest BCUT2D eigenvalue weighted by atomic mass is 35.5. The second-order valence-electron chi connectivity index (χ2n) is 7.85. The summed E-state index contributed by atoms with van der Waals surface area (Å²) < 4.78 is 0. The summed E-state index contributed by atoms with van der Waals surface area (Å²) in [5.41, 5.74) is 1.93. The van der Waals surface area contributed by atoms with E-state index in [1.54, 1.807) is 24.3 Å². The van der Waals surface area contributed by atoms with Crippen molar-refractivity contribution < 1.29 is 15.0 Å². The van der Waals surface area contributed by atoms with Gasteiger partial charge in [-0.15, -0.1) is 11.8 Å². The highest BCUT2D eigenvalue weighted by Crippen LogP contribution is 2.44. The van der Waals surface area contributed by atoms with Crippen LogP contribution < -0.4 is 9.80 Å². The largest absolute Gasteiger partial charge is 0.384 e. The van der Waals surface area contributed by atoms with Crippen LogP contribution in [0.3, 0.4) is 0 Å². The van der Waals surface area contributed by atoms with Crippen molar-refractivity contribution in [2.75, 3.05) is 55.3 Å². The van der Waals surface area contributed by atoms with E-state index < -0.39 is 16.9 Å². The average Bonchev–Trinajstić information content (AvgIpc) is 2.78. The van der Waals surface area contributed by atoms with Gasteiger partial charge in [-0.3, -0.25) is 4.79 Å². The second kappa shape index (κ2) is 9.17. The second-order valence-corrected chi connectivity index (χ2v) is 9.99. The molecule has 6 nitrogen and oxygen atoms in total. The summed E-state index contributed by atoms with van der Waals surface area (Å²) >= 11 is 13.2. The molecule has 2 aromatic rings. The van der Waals surface area contributed by atoms with Crippen molar-refractivity contribution in [3.05, 3.63) is 58.1 Å². The minimum atomic E-state index is -2.01. The van der Waals surface area contributed by atoms with Gasteiger partial charge in [-0.1, -0.05) is 41.4 Å². The van der Waals surface area contributed by atoms with E-state index in [2.05, 4.69) is 16.8 Å². The minimum Gasteiger partial charge on any atom is -0.384 e. The van der Waals surface area contributed by atoms with Crippen LogP contribution in [0.1, 0.15) is 11.7 Å². The summed E-state index contributed by atoms with van der Waals surface area (Å²) in [7, 11) is 2.08. The van der Waals surface area contributed by atoms with Crippen LogP contribution >= 0.6 is 35.0 Å². The number of aliphatic hydroxyl groups excluding tert-OH is 1. The van der Waals surface area contributed by atoms with Crippen molar-refractivity contribution in [1.29, 1.82) is 0 Å². The number of benzene rings is 2. The summed E-state index contributed by atoms with van der Waals surface area (Å²) in [6.07, 6.45) is -1.38. The van der Waals surface area contributed by atoms with Crippen molar-refractivity contribution in [2.24, 2.45) is 0 Å². The number of likely N-dealkylation sites (N-methyl/N-ethyl adjacent to an activating group) is 1. The van der Waals surface area contributed by atoms with Gasteiger partial charge in [0.25, 0.3) is 5.91 Å². The molecule has 2 aliphatic heterocycles. The monoisotopic (exact) mass is 481 g/mol. The number of nitrogens with zero attached hydrogens (tertiary/aromatic N) is 3. The van der Waals surface area contributed by atoms with Gasteiger partial charge < -0.3 is 24.9 Å². The Morgan fingerprint density at radius 1 is 1.03 bits per heavy atom. The third-order valence-corrected chi connectivity index (χ3v) is 7.81. The van der Waals surface area contributed by atoms with E-state index in [-0.39, 0.29) is 0 Å². The van der Waals surface area contributed by atoms with Crippen LogP contribution in [0, 0.1) is 0 Å². The Hall–Kier alpha value is -1.48. The minimum absolute atomic E-state index is 0.328. The van der Waals surface area contributed by atoms with Crippen molar-refractivity contribution in [1.82, 2.24) is 4.90 Å². The predicted molar refractivity (Wildman–Crippen MR) is 127 cm³/mol. The van der Waals surface area contributed by atoms with Crippen molar-refractivity contribution in [2.45, 2.75) is 11.0 Å². The Bertz CT molecular complexity index is 971. The normalized spacial score (nSPS) is 23.8. The molecule has 2 unspecified atom stereocenters. The molecule has 0 radical (unpaired) electrons. The van der Waals surface area contributed by atoms with Gasteiger partial charge in [0.05, 0.1) is 10.0 Å². The number of carbonyl (C=O) groups is 1. The van der Waals surface area contributed by atoms with Crippen LogP contribution in [-0.2, 0) is 4.79 Å². The van der Waals surface area contributed by atoms with E-state index in [0.717, 1.165) is 43.6 Å². The molecule has 2 aromatic carbocycles. The molecule has 31 heavy (non-hydrogen) atoms. The first-order chi connectivity index (χ1) is 14.8. The molecule has 2 heterocycles. The maximum atomic E-state index is 13.4. The fourth-order valence-corrected chi connectivity index (χ4v) is 5.41. The maximum Gasteiger partial charge on any atom is 0.272 e. The fraction of sp³-hybridized carbons (Fsp3) is 0.409. The van der Waals surface area contributed by atoms with Gasteiger partial charge >= 0.3 is 0 Å². The summed E-state index contributed by atoms with van der Waals surface area (Å²) in [5, 5.41) is 23.4. The quantitative estimate of drug-likeness (QED) is 0.698. The van der Waals surface area contributed by atoms with Gasteiger partial charge in [0.15, 0.2) is 0 Å². The van der Waals surface area contributed by atoms with E-state index in [0.29, 0.717) is 33.6 Å². The number of hydrogen-bond acceptors (Lipinski definition) is 6. The molecule has 0 aliphatic carbocycles. The lowest BCUT2D eigenvalue weighted by Crippen LogP contribution is -2.55. The number of piperazine rings is 1. The fourth-order valence-electron chi connectivity index (χ4n) is 4.01. The molecule has 9 heteroatoms. The molecule has 166 valence electrons. The lowest BCUT2D eigenvalue weighted by atomic mass is 9.99. The zero-order valence-electron chi connectivity index (χ0n) is 17.2. The molecule has 2 saturated heterocycles. The van der Waals surface area contributed by atoms with Gasteiger partial charge in [-0.05, 0) is 31.3 Å². The zero-order chi connectivity index (χ0) is 22.2. The van der Waals surface area contributed by atoms with E-state index in [9.17, 15) is 15.0 Å². The first-order valence-corrected chi connectivity index (χ1v) is 11.9. The molecular formula is C22H25Cl2N3O3S. The Morgan fingerprint density at radius 3 is 2.45 bits per heavy atom. The Balaban J connectivity index is 1.64. The Morgan fingerprint density at radius 2 is 1.74 bits per heavy atom. The number of carbonyl (C=O) groups excluding carboxylic acids is 1. The number of rotatable bonds is 4. The van der Waals surface area contributed by atoms with Crippen molar-refractivity contribution >= 4 is 52.2 Å². The average molecular weight is 482 g/mol. The van der Waals surface area contributed by atoms with Gasteiger partial charge in [0.2, 0.25) is 4.93 Å². The number of para-hydroxylation sites is 1. The van der Waals surface area contributed by atoms with E-state index >= 15 is 0 Å². The number of aliphatic hydroxyl groups is 2. The van der Waals surface area contributed by atoms with Crippen molar-refractivity contribution in [3.8, 4) is 0 Å². The third kappa shape index (κ3) is 4.40. The van der Waals surface area contributed by atoms with Crippen LogP contribution in [0.5, 0.6) is 0 Å². The van der Waals surface area contributed by atoms with Crippen LogP contribution in [0.4, 0.5) is 11.4 Å². The molecule has 2 fully saturated rings. The number of hydrogen-bond donors (Lipinski definition) is 2. The molecule has 2 atom stereocenters. The first-order valence-electron chi connectivity index (χ1n) is 10.1. The highest BCUT2D eigenvalue weighted by Gasteiger charge is 2.50. The van der Waals surface area contributed by atoms with Gasteiger partial charge in [-0.2, -0.15) is 0 Å². The molecule has 2 aliphatic rings. The topological polar surface area (TPSA) is 67.2 Å². The lowest BCUT2D eigenvalue weighted by Gasteiger charge is -2.42. The number of thioether (sulfide) groups is 1. The van der Waals surface area contributed by atoms with Gasteiger partial charge in [0.1, 0.15) is 6.10 Å². The Kier molecular flexibility index (Phi) is 6.72. The molecule has 4 rings (SSSR count).